The van der Waals surface area contributed by atoms with Gasteiger partial charge < -0.3 is 9.67 Å². The Balaban J connectivity index is 0.000000215. The third kappa shape index (κ3) is 25.0. The number of fused-ring (bicyclic) bond motifs is 4. The van der Waals surface area contributed by atoms with Gasteiger partial charge in [-0.05, 0) is 293 Å². The van der Waals surface area contributed by atoms with E-state index < -0.39 is 13.2 Å². The molecule has 2 aromatic carbocycles. The molecule has 1 N–H and O–H groups in total. The first-order valence-electron chi connectivity index (χ1n) is 45.5. The Morgan fingerprint density at radius 3 is 0.900 bits per heavy atom. The van der Waals surface area contributed by atoms with Crippen LogP contribution in [0, 0.1) is 144 Å². The minimum Gasteiger partial charge on any atom is -0.388 e. The second-order valence-corrected chi connectivity index (χ2v) is 47.7. The van der Waals surface area contributed by atoms with Crippen LogP contribution in [0.3, 0.4) is 0 Å². The van der Waals surface area contributed by atoms with Crippen LogP contribution in [-0.4, -0.2) is 40.5 Å². The number of Topliss-reactive ketones (excluding diaryl/α,β-unsaturated/α-hetero) is 4. The first-order chi connectivity index (χ1) is 50.6. The number of hydrogen-bond donors (Lipinski definition) is 1. The van der Waals surface area contributed by atoms with Gasteiger partial charge in [-0.3, -0.25) is 19.2 Å². The van der Waals surface area contributed by atoms with Gasteiger partial charge in [0, 0.05) is 98.8 Å². The molecule has 9 aliphatic rings. The van der Waals surface area contributed by atoms with Gasteiger partial charge in [0.1, 0.15) is 30.3 Å². The number of carbonyl (C=O) groups is 4. The number of allylic oxidation sites excluding steroid dienone is 1. The van der Waals surface area contributed by atoms with Crippen LogP contribution < -0.4 is 10.6 Å². The number of carbonyl (C=O) groups excluding carboxylic acids is 4. The summed E-state index contributed by atoms with van der Waals surface area (Å²) in [7, 11) is -2.73. The zero-order chi connectivity index (χ0) is 81.2. The summed E-state index contributed by atoms with van der Waals surface area (Å²) in [5, 5.41) is 11.9. The monoisotopic (exact) mass is 1610 g/mol. The van der Waals surface area contributed by atoms with Crippen molar-refractivity contribution in [1.82, 2.24) is 0 Å². The Hall–Kier alpha value is -2.11. The minimum atomic E-state index is -2.73. The molecule has 0 spiro atoms. The number of hydrogen-bond acceptors (Lipinski definition) is 6. The van der Waals surface area contributed by atoms with Crippen LogP contribution in [0.1, 0.15) is 366 Å². The van der Waals surface area contributed by atoms with E-state index in [0.29, 0.717) is 103 Å². The molecule has 0 saturated heterocycles. The van der Waals surface area contributed by atoms with Crippen LogP contribution >= 0.6 is 7.14 Å². The van der Waals surface area contributed by atoms with E-state index in [0.717, 1.165) is 171 Å². The summed E-state index contributed by atoms with van der Waals surface area (Å²) in [5.41, 5.74) is 5.10. The first kappa shape index (κ1) is 96.7. The Morgan fingerprint density at radius 1 is 0.427 bits per heavy atom. The molecule has 8 unspecified atom stereocenters. The molecule has 9 fully saturated rings. The number of ketones is 4. The molecule has 8 heteroatoms. The Bertz CT molecular complexity index is 2960. The van der Waals surface area contributed by atoms with Crippen molar-refractivity contribution in [2.75, 3.05) is 6.16 Å². The van der Waals surface area contributed by atoms with Crippen LogP contribution in [0.25, 0.3) is 0 Å². The second kappa shape index (κ2) is 40.6. The van der Waals surface area contributed by atoms with E-state index in [1.54, 1.807) is 0 Å². The number of aliphatic hydroxyl groups is 1. The van der Waals surface area contributed by atoms with E-state index in [1.807, 2.05) is 60.7 Å². The molecule has 110 heavy (non-hydrogen) atoms. The van der Waals surface area contributed by atoms with Crippen molar-refractivity contribution >= 4 is 40.9 Å². The molecule has 9 saturated carbocycles. The number of aliphatic hydroxyl groups excluding tert-OH is 1. The van der Waals surface area contributed by atoms with Gasteiger partial charge in [0.25, 0.3) is 0 Å². The second-order valence-electron chi connectivity index (χ2n) is 44.8. The molecule has 0 bridgehead atoms. The van der Waals surface area contributed by atoms with Crippen molar-refractivity contribution in [2.24, 2.45) is 144 Å². The summed E-state index contributed by atoms with van der Waals surface area (Å²) >= 11 is 0. The van der Waals surface area contributed by atoms with Crippen molar-refractivity contribution in [3.8, 4) is 0 Å². The van der Waals surface area contributed by atoms with Crippen LogP contribution in [0.4, 0.5) is 0 Å². The molecule has 9 aliphatic carbocycles. The molecule has 1 radical (unpaired) electrons. The minimum absolute atomic E-state index is 0. The molecule has 0 heterocycles. The molecule has 22 atom stereocenters. The summed E-state index contributed by atoms with van der Waals surface area (Å²) in [6.07, 6.45) is 37.0. The van der Waals surface area contributed by atoms with Crippen molar-refractivity contribution in [3.05, 3.63) is 84.5 Å². The van der Waals surface area contributed by atoms with Crippen molar-refractivity contribution in [2.45, 2.75) is 372 Å². The number of benzene rings is 2. The van der Waals surface area contributed by atoms with E-state index in [1.165, 1.54) is 108 Å². The van der Waals surface area contributed by atoms with Gasteiger partial charge in [-0.15, -0.1) is 0 Å². The fourth-order valence-corrected chi connectivity index (χ4v) is 26.6. The Kier molecular flexibility index (Phi) is 35.7. The summed E-state index contributed by atoms with van der Waals surface area (Å²) in [4.78, 5) is 49.1. The third-order valence-corrected chi connectivity index (χ3v) is 35.3. The van der Waals surface area contributed by atoms with Gasteiger partial charge in [-0.1, -0.05) is 252 Å². The maximum atomic E-state index is 14.0. The average Bonchev–Trinajstić information content (AvgIpc) is 1.61. The molecule has 6 nitrogen and oxygen atoms in total. The van der Waals surface area contributed by atoms with E-state index >= 15 is 0 Å². The maximum absolute atomic E-state index is 14.0. The molecule has 0 aromatic heterocycles. The van der Waals surface area contributed by atoms with Gasteiger partial charge in [0.05, 0.1) is 6.10 Å². The average molecular weight is 1610 g/mol. The molecule has 0 aliphatic heterocycles. The van der Waals surface area contributed by atoms with Crippen molar-refractivity contribution < 1.29 is 61.6 Å². The van der Waals surface area contributed by atoms with E-state index in [-0.39, 0.29) is 38.6 Å². The normalized spacial score (nSPS) is 33.0. The molecule has 11 rings (SSSR count). The van der Waals surface area contributed by atoms with Gasteiger partial charge in [0.15, 0.2) is 0 Å². The quantitative estimate of drug-likeness (QED) is 0.105. The van der Waals surface area contributed by atoms with Gasteiger partial charge in [-0.2, -0.15) is 0 Å². The topological polar surface area (TPSA) is 106 Å². The zero-order valence-corrected chi connectivity index (χ0v) is 79.6. The van der Waals surface area contributed by atoms with E-state index in [9.17, 15) is 28.8 Å². The fourth-order valence-electron chi connectivity index (χ4n) is 24.1. The fraction of sp³-hybridized carbons (Fsp3) is 0.804. The maximum Gasteiger partial charge on any atom is 0.146 e. The van der Waals surface area contributed by atoms with Crippen LogP contribution in [0.5, 0.6) is 0 Å². The predicted octanol–water partition coefficient (Wildman–Crippen LogP) is 27.8. The molecular weight excluding hydrogens is 1440 g/mol. The Morgan fingerprint density at radius 2 is 0.673 bits per heavy atom. The standard InChI is InChI=1S/C22H25O2P.4C20H36O.Y/c1-17-15-19(16-22(23)18(17)2)13-14-25(24,20-9-5-3-6-10-20)21-11-7-4-8-12-21;4*1-14(11-13-19(3,4)5)15(2)16-9-10-17-18(21)8-7-12-20(16,17)6;/h3-13,17,22-23H,2,14-16H2,1H3;4*14-17H,7-13H2,1-6H3;/b19-13-;;;;;/t17-,22-;14-,15+,16?,17?,20+;14-,15+,16?,17?,20-;14-,15-,16?,17?,20+;14-,15-,16?,17?,20-;/m10101./s1. The molecular formula is C102H169O6PY. The zero-order valence-electron chi connectivity index (χ0n) is 75.9. The van der Waals surface area contributed by atoms with Gasteiger partial charge >= 0.3 is 0 Å². The summed E-state index contributed by atoms with van der Waals surface area (Å²) in [5.74, 6) is 13.3. The van der Waals surface area contributed by atoms with Crippen LogP contribution in [-0.2, 0) is 56.5 Å². The number of rotatable bonds is 20. The Labute approximate surface area is 703 Å². The van der Waals surface area contributed by atoms with E-state index in [4.69, 9.17) is 0 Å². The summed E-state index contributed by atoms with van der Waals surface area (Å²) < 4.78 is 14.0. The van der Waals surface area contributed by atoms with Crippen LogP contribution in [0.15, 0.2) is 84.5 Å². The molecule has 0 amide bonds. The first-order valence-corrected chi connectivity index (χ1v) is 47.4. The predicted molar refractivity (Wildman–Crippen MR) is 467 cm³/mol. The van der Waals surface area contributed by atoms with Gasteiger partial charge in [-0.25, -0.2) is 0 Å². The molecule has 2 aromatic rings. The SMILES string of the molecule is C=C1[C@H](C)C/C(=C/CP(=O)(c2ccccc2)c2ccccc2)C[C@H]1O.C[C@@H](CCC(C)(C)C)[C@@H](C)C1CCC2C(=O)CCC[C@@]21C.C[C@H](C1CCC2C(=O)CCC[C@@]21C)[C@@H](C)CCC(C)(C)C.C[C@H](CCC(C)(C)C)[C@@H](C)C1CCC2C(=O)CCC[C@@]21C.C[C@H](CCC(C)(C)C)[C@H](C)C1CCC2C(=O)CCC[C@@]21C.[Y]. The summed E-state index contributed by atoms with van der Waals surface area (Å²) in [6.45, 7) is 63.5. The van der Waals surface area contributed by atoms with Gasteiger partial charge in [0.2, 0.25) is 0 Å². The largest absolute Gasteiger partial charge is 0.388 e. The van der Waals surface area contributed by atoms with Crippen LogP contribution in [0.2, 0.25) is 0 Å². The van der Waals surface area contributed by atoms with Crippen molar-refractivity contribution in [3.63, 3.8) is 0 Å². The molecule has 621 valence electrons. The third-order valence-electron chi connectivity index (χ3n) is 32.3. The summed E-state index contributed by atoms with van der Waals surface area (Å²) in [6, 6.07) is 19.5. The van der Waals surface area contributed by atoms with E-state index in [2.05, 4.69) is 186 Å². The van der Waals surface area contributed by atoms with Crippen molar-refractivity contribution in [1.29, 1.82) is 0 Å². The smallest absolute Gasteiger partial charge is 0.146 e.